The van der Waals surface area contributed by atoms with Crippen LogP contribution in [0.4, 0.5) is 17.6 Å². The van der Waals surface area contributed by atoms with Gasteiger partial charge in [0.25, 0.3) is 0 Å². The smallest absolute Gasteiger partial charge is 0.433 e. The largest absolute Gasteiger partial charge is 0.480 e. The van der Waals surface area contributed by atoms with E-state index in [9.17, 15) is 30.8 Å². The zero-order valence-electron chi connectivity index (χ0n) is 20.1. The number of aryl methyl sites for hydroxylation is 1. The lowest BCUT2D eigenvalue weighted by atomic mass is 9.81. The number of ether oxygens (including phenoxy) is 1. The molecule has 0 bridgehead atoms. The molecule has 0 radical (unpaired) electrons. The molecule has 2 unspecified atom stereocenters. The van der Waals surface area contributed by atoms with E-state index in [2.05, 4.69) is 10.1 Å². The highest BCUT2D eigenvalue weighted by atomic mass is 32.2. The fraction of sp³-hybridized carbons (Fsp3) is 0.400. The molecule has 0 saturated heterocycles. The van der Waals surface area contributed by atoms with Crippen LogP contribution in [0.3, 0.4) is 0 Å². The van der Waals surface area contributed by atoms with Gasteiger partial charge in [0.15, 0.2) is 9.84 Å². The highest BCUT2D eigenvalue weighted by Crippen LogP contribution is 2.45. The van der Waals surface area contributed by atoms with Crippen LogP contribution in [-0.4, -0.2) is 41.3 Å². The highest BCUT2D eigenvalue weighted by molar-refractivity contribution is 7.92. The summed E-state index contributed by atoms with van der Waals surface area (Å²) in [7, 11) is -2.48. The summed E-state index contributed by atoms with van der Waals surface area (Å²) in [6.07, 6.45) is -0.489. The Hall–Kier alpha value is -3.28. The van der Waals surface area contributed by atoms with Crippen molar-refractivity contribution in [2.45, 2.75) is 55.3 Å². The number of carbonyl (C=O) groups excluding carboxylic acids is 1. The quantitative estimate of drug-likeness (QED) is 0.297. The predicted molar refractivity (Wildman–Crippen MR) is 126 cm³/mol. The van der Waals surface area contributed by atoms with Crippen LogP contribution >= 0.6 is 0 Å². The molecular formula is C25H25F4N3O4S. The van der Waals surface area contributed by atoms with Crippen molar-refractivity contribution in [1.29, 1.82) is 0 Å². The van der Waals surface area contributed by atoms with Gasteiger partial charge in [-0.15, -0.1) is 5.10 Å². The van der Waals surface area contributed by atoms with E-state index in [-0.39, 0.29) is 35.1 Å². The third kappa shape index (κ3) is 5.25. The molecule has 1 fully saturated rings. The molecular weight excluding hydrogens is 514 g/mol. The Kier molecular flexibility index (Phi) is 7.15. The molecule has 0 N–H and O–H groups in total. The number of halogens is 4. The number of hydrogen-bond donors (Lipinski definition) is 0. The third-order valence-corrected chi connectivity index (χ3v) is 9.33. The normalized spacial score (nSPS) is 20.2. The number of hydrogen-bond acceptors (Lipinski definition) is 6. The minimum atomic E-state index is -4.57. The summed E-state index contributed by atoms with van der Waals surface area (Å²) in [4.78, 5) is 16.8. The molecule has 1 aliphatic rings. The van der Waals surface area contributed by atoms with Crippen molar-refractivity contribution in [3.8, 4) is 11.6 Å². The van der Waals surface area contributed by atoms with E-state index in [1.165, 1.54) is 30.0 Å². The van der Waals surface area contributed by atoms with Crippen molar-refractivity contribution in [2.75, 3.05) is 7.11 Å². The maximum Gasteiger partial charge on any atom is 0.433 e. The van der Waals surface area contributed by atoms with E-state index < -0.39 is 38.2 Å². The van der Waals surface area contributed by atoms with Gasteiger partial charge < -0.3 is 4.74 Å². The number of rotatable bonds is 8. The second-order valence-electron chi connectivity index (χ2n) is 9.23. The molecule has 1 aromatic carbocycles. The molecule has 2 heterocycles. The number of carbonyl (C=O) groups is 1. The van der Waals surface area contributed by atoms with Crippen LogP contribution in [0.1, 0.15) is 43.9 Å². The fourth-order valence-electron chi connectivity index (χ4n) is 4.83. The number of methoxy groups -OCH3 is 1. The monoisotopic (exact) mass is 539 g/mol. The van der Waals surface area contributed by atoms with Gasteiger partial charge in [-0.25, -0.2) is 22.5 Å². The van der Waals surface area contributed by atoms with E-state index in [0.717, 1.165) is 24.4 Å². The molecule has 2 atom stereocenters. The van der Waals surface area contributed by atoms with Gasteiger partial charge in [0.2, 0.25) is 5.88 Å². The SMILES string of the molecule is COc1nn(-c2ccc(C(F)(F)F)nc2)cc1CCC(=O)C1(C)CCCC1S(=O)(=O)c1ccc(F)cc1. The Morgan fingerprint density at radius 3 is 2.49 bits per heavy atom. The van der Waals surface area contributed by atoms with Gasteiger partial charge in [-0.1, -0.05) is 13.3 Å². The highest BCUT2D eigenvalue weighted by Gasteiger charge is 2.51. The van der Waals surface area contributed by atoms with Crippen molar-refractivity contribution in [3.05, 3.63) is 65.9 Å². The van der Waals surface area contributed by atoms with Gasteiger partial charge in [0, 0.05) is 23.6 Å². The first kappa shape index (κ1) is 26.8. The van der Waals surface area contributed by atoms with Crippen molar-refractivity contribution in [3.63, 3.8) is 0 Å². The van der Waals surface area contributed by atoms with Gasteiger partial charge >= 0.3 is 6.18 Å². The Labute approximate surface area is 211 Å². The minimum Gasteiger partial charge on any atom is -0.480 e. The minimum absolute atomic E-state index is 0.0131. The van der Waals surface area contributed by atoms with Gasteiger partial charge in [0.05, 0.1) is 29.1 Å². The van der Waals surface area contributed by atoms with Crippen molar-refractivity contribution in [2.24, 2.45) is 5.41 Å². The van der Waals surface area contributed by atoms with Crippen LogP contribution in [-0.2, 0) is 27.2 Å². The Bertz CT molecular complexity index is 1390. The van der Waals surface area contributed by atoms with Crippen LogP contribution in [0.5, 0.6) is 5.88 Å². The van der Waals surface area contributed by atoms with Crippen molar-refractivity contribution in [1.82, 2.24) is 14.8 Å². The average Bonchev–Trinajstić information content (AvgIpc) is 3.47. The topological polar surface area (TPSA) is 91.2 Å². The summed E-state index contributed by atoms with van der Waals surface area (Å²) in [5.74, 6) is -0.586. The van der Waals surface area contributed by atoms with Crippen molar-refractivity contribution < 1.29 is 35.5 Å². The molecule has 0 aliphatic heterocycles. The zero-order chi connectivity index (χ0) is 27.0. The molecule has 12 heteroatoms. The molecule has 37 heavy (non-hydrogen) atoms. The lowest BCUT2D eigenvalue weighted by Gasteiger charge is -2.30. The number of nitrogens with zero attached hydrogens (tertiary/aromatic N) is 3. The molecule has 7 nitrogen and oxygen atoms in total. The predicted octanol–water partition coefficient (Wildman–Crippen LogP) is 4.97. The Morgan fingerprint density at radius 1 is 1.19 bits per heavy atom. The summed E-state index contributed by atoms with van der Waals surface area (Å²) >= 11 is 0. The zero-order valence-corrected chi connectivity index (χ0v) is 20.9. The second kappa shape index (κ2) is 9.88. The number of ketones is 1. The van der Waals surface area contributed by atoms with Gasteiger partial charge in [-0.05, 0) is 55.7 Å². The summed E-state index contributed by atoms with van der Waals surface area (Å²) < 4.78 is 84.9. The first-order chi connectivity index (χ1) is 17.4. The first-order valence-electron chi connectivity index (χ1n) is 11.5. The number of Topliss-reactive ketones (excluding diaryl/α,β-unsaturated/α-hetero) is 1. The second-order valence-corrected chi connectivity index (χ2v) is 11.4. The first-order valence-corrected chi connectivity index (χ1v) is 13.1. The van der Waals surface area contributed by atoms with Crippen LogP contribution in [0, 0.1) is 11.2 Å². The molecule has 3 aromatic rings. The number of alkyl halides is 3. The van der Waals surface area contributed by atoms with Crippen LogP contribution in [0.15, 0.2) is 53.7 Å². The summed E-state index contributed by atoms with van der Waals surface area (Å²) in [6.45, 7) is 1.66. The Morgan fingerprint density at radius 2 is 1.89 bits per heavy atom. The van der Waals surface area contributed by atoms with Crippen LogP contribution in [0.25, 0.3) is 5.69 Å². The standard InChI is InChI=1S/C25H25F4N3O4S/c1-24(13-3-4-22(24)37(34,35)19-9-6-17(26)7-10-19)21(33)12-5-16-15-32(31-23(16)36-2)18-8-11-20(30-14-18)25(27,28)29/h6-11,14-15,22H,3-5,12-13H2,1-2H3. The lowest BCUT2D eigenvalue weighted by Crippen LogP contribution is -2.40. The van der Waals surface area contributed by atoms with Crippen LogP contribution < -0.4 is 4.74 Å². The van der Waals surface area contributed by atoms with Crippen LogP contribution in [0.2, 0.25) is 0 Å². The molecule has 1 saturated carbocycles. The maximum absolute atomic E-state index is 13.4. The molecule has 0 spiro atoms. The third-order valence-electron chi connectivity index (χ3n) is 6.90. The maximum atomic E-state index is 13.4. The summed E-state index contributed by atoms with van der Waals surface area (Å²) in [6, 6.07) is 6.65. The Balaban J connectivity index is 1.52. The molecule has 198 valence electrons. The molecule has 0 amide bonds. The van der Waals surface area contributed by atoms with E-state index in [0.29, 0.717) is 24.8 Å². The number of benzene rings is 1. The van der Waals surface area contributed by atoms with E-state index in [1.807, 2.05) is 0 Å². The number of pyridine rings is 1. The summed E-state index contributed by atoms with van der Waals surface area (Å²) in [5.41, 5.74) is -1.34. The summed E-state index contributed by atoms with van der Waals surface area (Å²) in [5, 5.41) is 3.29. The average molecular weight is 540 g/mol. The van der Waals surface area contributed by atoms with E-state index in [4.69, 9.17) is 4.74 Å². The number of aromatic nitrogens is 3. The molecule has 2 aromatic heterocycles. The van der Waals surface area contributed by atoms with E-state index >= 15 is 0 Å². The molecule has 4 rings (SSSR count). The van der Waals surface area contributed by atoms with Gasteiger partial charge in [-0.2, -0.15) is 13.2 Å². The fourth-order valence-corrected chi connectivity index (χ4v) is 7.09. The van der Waals surface area contributed by atoms with E-state index in [1.54, 1.807) is 13.1 Å². The lowest BCUT2D eigenvalue weighted by molar-refractivity contribution is -0.141. The van der Waals surface area contributed by atoms with Gasteiger partial charge in [0.1, 0.15) is 17.3 Å². The number of sulfone groups is 1. The molecule has 1 aliphatic carbocycles. The van der Waals surface area contributed by atoms with Crippen molar-refractivity contribution >= 4 is 15.6 Å². The van der Waals surface area contributed by atoms with Gasteiger partial charge in [-0.3, -0.25) is 4.79 Å².